The number of hydrogen-bond acceptors (Lipinski definition) is 5. The zero-order chi connectivity index (χ0) is 18.5. The van der Waals surface area contributed by atoms with Crippen LogP contribution in [0.15, 0.2) is 48.5 Å². The van der Waals surface area contributed by atoms with Crippen LogP contribution in [-0.2, 0) is 27.2 Å². The summed E-state index contributed by atoms with van der Waals surface area (Å²) in [5, 5.41) is 8.57. The second-order valence-corrected chi connectivity index (χ2v) is 7.37. The van der Waals surface area contributed by atoms with Crippen LogP contribution in [0.3, 0.4) is 0 Å². The molecule has 0 saturated carbocycles. The SMILES string of the molecule is O=C(O)Cc1ccc(Oc2ccc(CC3SC(=O)CCC3=O)cc2)cc1. The Morgan fingerprint density at radius 3 is 2.12 bits per heavy atom. The fourth-order valence-corrected chi connectivity index (χ4v) is 3.78. The Balaban J connectivity index is 1.59. The lowest BCUT2D eigenvalue weighted by Crippen LogP contribution is -2.26. The molecule has 1 aliphatic rings. The molecule has 26 heavy (non-hydrogen) atoms. The first-order valence-corrected chi connectivity index (χ1v) is 9.17. The van der Waals surface area contributed by atoms with Crippen LogP contribution in [0.1, 0.15) is 24.0 Å². The predicted molar refractivity (Wildman–Crippen MR) is 98.6 cm³/mol. The largest absolute Gasteiger partial charge is 0.481 e. The third-order valence-electron chi connectivity index (χ3n) is 4.07. The third kappa shape index (κ3) is 4.95. The van der Waals surface area contributed by atoms with E-state index in [1.54, 1.807) is 24.3 Å². The van der Waals surface area contributed by atoms with Crippen LogP contribution in [-0.4, -0.2) is 27.2 Å². The molecule has 1 N–H and O–H groups in total. The molecule has 5 nitrogen and oxygen atoms in total. The van der Waals surface area contributed by atoms with Gasteiger partial charge in [0, 0.05) is 12.8 Å². The van der Waals surface area contributed by atoms with Gasteiger partial charge in [0.15, 0.2) is 5.12 Å². The van der Waals surface area contributed by atoms with E-state index in [1.165, 1.54) is 0 Å². The van der Waals surface area contributed by atoms with Crippen LogP contribution in [0.5, 0.6) is 11.5 Å². The first-order chi connectivity index (χ1) is 12.5. The first kappa shape index (κ1) is 18.2. The Labute approximate surface area is 155 Å². The number of Topliss-reactive ketones (excluding diaryl/α,β-unsaturated/α-hetero) is 1. The summed E-state index contributed by atoms with van der Waals surface area (Å²) >= 11 is 1.14. The lowest BCUT2D eigenvalue weighted by atomic mass is 10.0. The maximum Gasteiger partial charge on any atom is 0.307 e. The van der Waals surface area contributed by atoms with Crippen LogP contribution in [0.4, 0.5) is 0 Å². The van der Waals surface area contributed by atoms with Gasteiger partial charge in [-0.2, -0.15) is 0 Å². The number of aliphatic carboxylic acids is 1. The van der Waals surface area contributed by atoms with Crippen LogP contribution >= 0.6 is 11.8 Å². The van der Waals surface area contributed by atoms with Gasteiger partial charge >= 0.3 is 5.97 Å². The molecule has 6 heteroatoms. The minimum Gasteiger partial charge on any atom is -0.481 e. The minimum absolute atomic E-state index is 0.0185. The standard InChI is InChI=1S/C20H18O5S/c21-17-9-10-20(24)26-18(17)11-13-1-5-15(6-2-13)25-16-7-3-14(4-8-16)12-19(22)23/h1-8,18H,9-12H2,(H,22,23). The maximum absolute atomic E-state index is 11.9. The van der Waals surface area contributed by atoms with E-state index in [4.69, 9.17) is 9.84 Å². The second-order valence-electron chi connectivity index (χ2n) is 6.11. The molecule has 1 fully saturated rings. The molecule has 0 spiro atoms. The number of thioether (sulfide) groups is 1. The minimum atomic E-state index is -0.870. The van der Waals surface area contributed by atoms with E-state index < -0.39 is 5.97 Å². The number of carbonyl (C=O) groups is 3. The monoisotopic (exact) mass is 370 g/mol. The second kappa shape index (κ2) is 8.19. The summed E-state index contributed by atoms with van der Waals surface area (Å²) in [5.74, 6) is 0.538. The van der Waals surface area contributed by atoms with Crippen LogP contribution in [0, 0.1) is 0 Å². The summed E-state index contributed by atoms with van der Waals surface area (Å²) in [6, 6.07) is 14.3. The van der Waals surface area contributed by atoms with Gasteiger partial charge in [-0.3, -0.25) is 14.4 Å². The van der Waals surface area contributed by atoms with Crippen molar-refractivity contribution in [3.05, 3.63) is 59.7 Å². The zero-order valence-corrected chi connectivity index (χ0v) is 14.8. The normalized spacial score (nSPS) is 17.2. The number of rotatable bonds is 6. The molecular weight excluding hydrogens is 352 g/mol. The molecule has 1 unspecified atom stereocenters. The lowest BCUT2D eigenvalue weighted by Gasteiger charge is -2.19. The van der Waals surface area contributed by atoms with Gasteiger partial charge in [0.1, 0.15) is 17.3 Å². The van der Waals surface area contributed by atoms with Crippen molar-refractivity contribution in [2.75, 3.05) is 0 Å². The highest BCUT2D eigenvalue weighted by atomic mass is 32.2. The summed E-state index contributed by atoms with van der Waals surface area (Å²) in [4.78, 5) is 34.1. The quantitative estimate of drug-likeness (QED) is 0.836. The Morgan fingerprint density at radius 2 is 1.54 bits per heavy atom. The van der Waals surface area contributed by atoms with Gasteiger partial charge in [-0.25, -0.2) is 0 Å². The van der Waals surface area contributed by atoms with Crippen molar-refractivity contribution in [2.24, 2.45) is 0 Å². The molecule has 3 rings (SSSR count). The van der Waals surface area contributed by atoms with Gasteiger partial charge in [-0.15, -0.1) is 0 Å². The average Bonchev–Trinajstić information content (AvgIpc) is 2.61. The number of carbonyl (C=O) groups excluding carboxylic acids is 2. The molecule has 0 aliphatic carbocycles. The number of ether oxygens (including phenoxy) is 1. The van der Waals surface area contributed by atoms with E-state index in [9.17, 15) is 14.4 Å². The first-order valence-electron chi connectivity index (χ1n) is 8.29. The van der Waals surface area contributed by atoms with Gasteiger partial charge in [0.25, 0.3) is 0 Å². The predicted octanol–water partition coefficient (Wildman–Crippen LogP) is 3.64. The van der Waals surface area contributed by atoms with Gasteiger partial charge in [-0.05, 0) is 41.8 Å². The van der Waals surface area contributed by atoms with E-state index in [0.29, 0.717) is 36.3 Å². The van der Waals surface area contributed by atoms with Crippen molar-refractivity contribution in [1.82, 2.24) is 0 Å². The van der Waals surface area contributed by atoms with Crippen molar-refractivity contribution in [3.8, 4) is 11.5 Å². The zero-order valence-electron chi connectivity index (χ0n) is 14.0. The molecule has 134 valence electrons. The number of benzene rings is 2. The molecular formula is C20H18O5S. The highest BCUT2D eigenvalue weighted by Crippen LogP contribution is 2.28. The van der Waals surface area contributed by atoms with Gasteiger partial charge in [0.05, 0.1) is 11.7 Å². The lowest BCUT2D eigenvalue weighted by molar-refractivity contribution is -0.136. The summed E-state index contributed by atoms with van der Waals surface area (Å²) in [6.07, 6.45) is 1.21. The number of carboxylic acids is 1. The highest BCUT2D eigenvalue weighted by molar-refractivity contribution is 8.14. The van der Waals surface area contributed by atoms with Crippen molar-refractivity contribution in [3.63, 3.8) is 0 Å². The van der Waals surface area contributed by atoms with Crippen LogP contribution in [0.2, 0.25) is 0 Å². The fourth-order valence-electron chi connectivity index (χ4n) is 2.72. The molecule has 2 aromatic carbocycles. The fraction of sp³-hybridized carbons (Fsp3) is 0.250. The third-order valence-corrected chi connectivity index (χ3v) is 5.25. The van der Waals surface area contributed by atoms with Crippen LogP contribution < -0.4 is 4.74 Å². The van der Waals surface area contributed by atoms with Crippen molar-refractivity contribution < 1.29 is 24.2 Å². The summed E-state index contributed by atoms with van der Waals surface area (Å²) in [7, 11) is 0. The molecule has 0 radical (unpaired) electrons. The Kier molecular flexibility index (Phi) is 5.73. The maximum atomic E-state index is 11.9. The van der Waals surface area contributed by atoms with E-state index in [2.05, 4.69) is 0 Å². The Bertz CT molecular complexity index is 811. The summed E-state index contributed by atoms with van der Waals surface area (Å²) < 4.78 is 5.75. The summed E-state index contributed by atoms with van der Waals surface area (Å²) in [6.45, 7) is 0. The van der Waals surface area contributed by atoms with E-state index >= 15 is 0 Å². The van der Waals surface area contributed by atoms with Gasteiger partial charge in [0.2, 0.25) is 0 Å². The van der Waals surface area contributed by atoms with Crippen molar-refractivity contribution in [1.29, 1.82) is 0 Å². The smallest absolute Gasteiger partial charge is 0.307 e. The van der Waals surface area contributed by atoms with Gasteiger partial charge in [-0.1, -0.05) is 36.0 Å². The molecule has 1 aliphatic heterocycles. The van der Waals surface area contributed by atoms with Crippen molar-refractivity contribution >= 4 is 28.6 Å². The molecule has 0 amide bonds. The number of carboxylic acid groups (broad SMARTS) is 1. The van der Waals surface area contributed by atoms with Gasteiger partial charge < -0.3 is 9.84 Å². The molecule has 0 bridgehead atoms. The Hall–Kier alpha value is -2.60. The van der Waals surface area contributed by atoms with Crippen molar-refractivity contribution in [2.45, 2.75) is 30.9 Å². The topological polar surface area (TPSA) is 80.7 Å². The van der Waals surface area contributed by atoms with E-state index in [-0.39, 0.29) is 22.6 Å². The molecule has 1 heterocycles. The highest BCUT2D eigenvalue weighted by Gasteiger charge is 2.27. The Morgan fingerprint density at radius 1 is 0.962 bits per heavy atom. The number of hydrogen-bond donors (Lipinski definition) is 1. The molecule has 1 saturated heterocycles. The molecule has 2 aromatic rings. The van der Waals surface area contributed by atoms with E-state index in [1.807, 2.05) is 24.3 Å². The molecule has 0 aromatic heterocycles. The average molecular weight is 370 g/mol. The summed E-state index contributed by atoms with van der Waals surface area (Å²) in [5.41, 5.74) is 1.69. The number of ketones is 1. The van der Waals surface area contributed by atoms with E-state index in [0.717, 1.165) is 17.3 Å². The van der Waals surface area contributed by atoms with Crippen LogP contribution in [0.25, 0.3) is 0 Å². The molecule has 1 atom stereocenters.